The molecule has 0 amide bonds. The number of hydrogen-bond donors (Lipinski definition) is 0. The molecular weight excluding hydrogens is 540 g/mol. The Labute approximate surface area is 231 Å². The molecule has 0 spiro atoms. The normalized spacial score (nSPS) is 11.8. The minimum Gasteiger partial charge on any atom is -1.00 e. The maximum atomic E-state index is 13.0. The molecule has 0 aliphatic heterocycles. The van der Waals surface area contributed by atoms with Gasteiger partial charge in [0.05, 0.1) is 7.11 Å². The van der Waals surface area contributed by atoms with E-state index in [1.807, 2.05) is 59.3 Å². The van der Waals surface area contributed by atoms with Crippen molar-refractivity contribution in [2.45, 2.75) is 19.5 Å². The first-order chi connectivity index (χ1) is 18.1. The highest BCUT2D eigenvalue weighted by molar-refractivity contribution is 6.05. The molecule has 0 aliphatic rings. The highest BCUT2D eigenvalue weighted by Gasteiger charge is 2.27. The molecular formula is C32H27BrN2O3. The maximum absolute atomic E-state index is 13.0. The zero-order valence-electron chi connectivity index (χ0n) is 21.2. The van der Waals surface area contributed by atoms with Crippen LogP contribution in [0.1, 0.15) is 33.4 Å². The van der Waals surface area contributed by atoms with Gasteiger partial charge in [-0.3, -0.25) is 4.79 Å². The Balaban J connectivity index is 0.00000294. The van der Waals surface area contributed by atoms with Crippen LogP contribution in [0.3, 0.4) is 0 Å². The van der Waals surface area contributed by atoms with Crippen molar-refractivity contribution < 1.29 is 35.5 Å². The van der Waals surface area contributed by atoms with E-state index in [9.17, 15) is 4.79 Å². The summed E-state index contributed by atoms with van der Waals surface area (Å²) in [4.78, 5) is 13.0. The Kier molecular flexibility index (Phi) is 7.16. The van der Waals surface area contributed by atoms with E-state index in [1.165, 1.54) is 5.56 Å². The Hall–Kier alpha value is -4.16. The standard InChI is InChI=1S/C32H27N2O3.BrH/c1-22-33(21-29(35)23-12-15-26(36-2)16-13-23)18-19-34(22)32(24-8-4-3-5-9-24)25-14-17-31-28(20-25)27-10-6-7-11-30(27)37-31;/h3-20,32H,21H2,1-2H3;1H/q+1;/p-1. The van der Waals surface area contributed by atoms with E-state index in [2.05, 4.69) is 66.2 Å². The van der Waals surface area contributed by atoms with Crippen molar-refractivity contribution in [1.82, 2.24) is 4.57 Å². The van der Waals surface area contributed by atoms with Crippen LogP contribution in [0.2, 0.25) is 0 Å². The van der Waals surface area contributed by atoms with E-state index in [0.717, 1.165) is 39.1 Å². The van der Waals surface area contributed by atoms with Gasteiger partial charge in [-0.1, -0.05) is 54.6 Å². The summed E-state index contributed by atoms with van der Waals surface area (Å²) in [6.45, 7) is 2.32. The molecule has 190 valence electrons. The Morgan fingerprint density at radius 1 is 0.868 bits per heavy atom. The van der Waals surface area contributed by atoms with Crippen molar-refractivity contribution in [3.8, 4) is 5.75 Å². The van der Waals surface area contributed by atoms with Crippen molar-refractivity contribution in [2.75, 3.05) is 7.11 Å². The molecule has 0 saturated carbocycles. The first-order valence-electron chi connectivity index (χ1n) is 12.3. The predicted molar refractivity (Wildman–Crippen MR) is 144 cm³/mol. The summed E-state index contributed by atoms with van der Waals surface area (Å²) in [5.74, 6) is 1.78. The van der Waals surface area contributed by atoms with E-state index < -0.39 is 0 Å². The van der Waals surface area contributed by atoms with Gasteiger partial charge in [0.15, 0.2) is 12.6 Å². The molecule has 0 bridgehead atoms. The third-order valence-electron chi connectivity index (χ3n) is 7.03. The molecule has 4 aromatic carbocycles. The summed E-state index contributed by atoms with van der Waals surface area (Å²) < 4.78 is 15.5. The zero-order chi connectivity index (χ0) is 25.4. The fourth-order valence-electron chi connectivity index (χ4n) is 5.04. The molecule has 0 N–H and O–H groups in total. The monoisotopic (exact) mass is 566 g/mol. The molecule has 1 atom stereocenters. The van der Waals surface area contributed by atoms with Gasteiger partial charge in [0.2, 0.25) is 5.78 Å². The summed E-state index contributed by atoms with van der Waals surface area (Å²) in [5, 5.41) is 2.21. The van der Waals surface area contributed by atoms with Gasteiger partial charge < -0.3 is 26.1 Å². The summed E-state index contributed by atoms with van der Waals surface area (Å²) in [6.07, 6.45) is 4.05. The van der Waals surface area contributed by atoms with Crippen LogP contribution >= 0.6 is 0 Å². The minimum atomic E-state index is -0.0587. The highest BCUT2D eigenvalue weighted by Crippen LogP contribution is 2.34. The number of para-hydroxylation sites is 1. The third-order valence-corrected chi connectivity index (χ3v) is 7.03. The summed E-state index contributed by atoms with van der Waals surface area (Å²) in [6, 6.07) is 32.2. The molecule has 38 heavy (non-hydrogen) atoms. The van der Waals surface area contributed by atoms with E-state index in [4.69, 9.17) is 9.15 Å². The average Bonchev–Trinajstić information content (AvgIpc) is 3.49. The summed E-state index contributed by atoms with van der Waals surface area (Å²) in [7, 11) is 1.62. The minimum absolute atomic E-state index is 0. The number of carbonyl (C=O) groups excluding carboxylic acids is 1. The lowest BCUT2D eigenvalue weighted by atomic mass is 9.96. The van der Waals surface area contributed by atoms with E-state index >= 15 is 0 Å². The van der Waals surface area contributed by atoms with Gasteiger partial charge in [0.1, 0.15) is 29.3 Å². The maximum Gasteiger partial charge on any atom is 0.254 e. The van der Waals surface area contributed by atoms with Crippen molar-refractivity contribution in [3.63, 3.8) is 0 Å². The second-order valence-corrected chi connectivity index (χ2v) is 9.20. The molecule has 6 heteroatoms. The molecule has 6 aromatic rings. The Morgan fingerprint density at radius 2 is 1.58 bits per heavy atom. The van der Waals surface area contributed by atoms with Gasteiger partial charge in [0.25, 0.3) is 5.82 Å². The second kappa shape index (κ2) is 10.7. The molecule has 5 nitrogen and oxygen atoms in total. The fourth-order valence-corrected chi connectivity index (χ4v) is 5.04. The van der Waals surface area contributed by atoms with Crippen LogP contribution in [-0.2, 0) is 6.54 Å². The van der Waals surface area contributed by atoms with Crippen LogP contribution < -0.4 is 26.3 Å². The quantitative estimate of drug-likeness (QED) is 0.219. The number of rotatable bonds is 7. The molecule has 0 aliphatic carbocycles. The van der Waals surface area contributed by atoms with Crippen molar-refractivity contribution >= 4 is 27.7 Å². The number of furan rings is 1. The van der Waals surface area contributed by atoms with Gasteiger partial charge in [-0.05, 0) is 42.5 Å². The number of Topliss-reactive ketones (excluding diaryl/α,β-unsaturated/α-hetero) is 1. The average molecular weight is 567 g/mol. The fraction of sp³-hybridized carbons (Fsp3) is 0.125. The number of aromatic nitrogens is 2. The Morgan fingerprint density at radius 3 is 2.34 bits per heavy atom. The first-order valence-corrected chi connectivity index (χ1v) is 12.3. The molecule has 1 unspecified atom stereocenters. The zero-order valence-corrected chi connectivity index (χ0v) is 22.8. The SMILES string of the molecule is COc1ccc(C(=O)C[n+]2ccn(C(c3ccccc3)c3ccc4oc5ccccc5c4c3)c2C)cc1.[Br-]. The van der Waals surface area contributed by atoms with Crippen molar-refractivity contribution in [2.24, 2.45) is 0 Å². The van der Waals surface area contributed by atoms with Gasteiger partial charge in [-0.2, -0.15) is 0 Å². The number of ketones is 1. The van der Waals surface area contributed by atoms with Gasteiger partial charge in [-0.25, -0.2) is 9.13 Å². The molecule has 2 aromatic heterocycles. The molecule has 0 saturated heterocycles. The predicted octanol–water partition coefficient (Wildman–Crippen LogP) is 3.52. The number of fused-ring (bicyclic) bond motifs is 3. The number of carbonyl (C=O) groups is 1. The third kappa shape index (κ3) is 4.63. The first kappa shape index (κ1) is 25.5. The van der Waals surface area contributed by atoms with E-state index in [1.54, 1.807) is 7.11 Å². The number of benzene rings is 4. The number of halogens is 1. The molecule has 6 rings (SSSR count). The van der Waals surface area contributed by atoms with Crippen molar-refractivity contribution in [3.05, 3.63) is 132 Å². The number of nitrogens with zero attached hydrogens (tertiary/aromatic N) is 2. The van der Waals surface area contributed by atoms with Crippen LogP contribution in [-0.4, -0.2) is 17.5 Å². The van der Waals surface area contributed by atoms with Gasteiger partial charge in [-0.15, -0.1) is 0 Å². The molecule has 0 radical (unpaired) electrons. The largest absolute Gasteiger partial charge is 1.00 e. The summed E-state index contributed by atoms with van der Waals surface area (Å²) >= 11 is 0. The van der Waals surface area contributed by atoms with Gasteiger partial charge in [0, 0.05) is 34.4 Å². The van der Waals surface area contributed by atoms with Crippen LogP contribution in [0, 0.1) is 6.92 Å². The number of ether oxygens (including phenoxy) is 1. The van der Waals surface area contributed by atoms with Crippen molar-refractivity contribution in [1.29, 1.82) is 0 Å². The lowest BCUT2D eigenvalue weighted by molar-refractivity contribution is -0.688. The lowest BCUT2D eigenvalue weighted by Crippen LogP contribution is -3.00. The second-order valence-electron chi connectivity index (χ2n) is 9.20. The topological polar surface area (TPSA) is 48.2 Å². The van der Waals surface area contributed by atoms with Crippen LogP contribution in [0.15, 0.2) is 114 Å². The molecule has 0 fully saturated rings. The van der Waals surface area contributed by atoms with E-state index in [-0.39, 0.29) is 35.4 Å². The number of methoxy groups -OCH3 is 1. The van der Waals surface area contributed by atoms with E-state index in [0.29, 0.717) is 5.56 Å². The Bertz CT molecular complexity index is 1720. The summed E-state index contributed by atoms with van der Waals surface area (Å²) in [5.41, 5.74) is 4.75. The van der Waals surface area contributed by atoms with Crippen LogP contribution in [0.25, 0.3) is 21.9 Å². The van der Waals surface area contributed by atoms with Crippen LogP contribution in [0.5, 0.6) is 5.75 Å². The number of hydrogen-bond acceptors (Lipinski definition) is 3. The van der Waals surface area contributed by atoms with Gasteiger partial charge >= 0.3 is 0 Å². The number of imidazole rings is 1. The molecule has 2 heterocycles. The lowest BCUT2D eigenvalue weighted by Gasteiger charge is -2.17. The highest BCUT2D eigenvalue weighted by atomic mass is 79.9. The van der Waals surface area contributed by atoms with Crippen LogP contribution in [0.4, 0.5) is 0 Å². The smallest absolute Gasteiger partial charge is 0.254 e.